The summed E-state index contributed by atoms with van der Waals surface area (Å²) in [5.41, 5.74) is 5.81. The van der Waals surface area contributed by atoms with E-state index in [0.29, 0.717) is 37.9 Å². The fourth-order valence-corrected chi connectivity index (χ4v) is 8.79. The monoisotopic (exact) mass is 754 g/mol. The Balaban J connectivity index is 1.25. The molecule has 6 heteroatoms. The van der Waals surface area contributed by atoms with Crippen molar-refractivity contribution in [1.82, 2.24) is 19.5 Å². The molecule has 0 atom stereocenters. The molecule has 4 aromatic heterocycles. The quantitative estimate of drug-likeness (QED) is 0.176. The van der Waals surface area contributed by atoms with Crippen LogP contribution in [0.3, 0.4) is 0 Å². The van der Waals surface area contributed by atoms with Crippen molar-refractivity contribution < 1.29 is 15.4 Å². The molecule has 0 N–H and O–H groups in total. The molecule has 57 heavy (non-hydrogen) atoms. The summed E-state index contributed by atoms with van der Waals surface area (Å²) in [6, 6.07) is 40.3. The Kier molecular flexibility index (Phi) is 5.49. The standard InChI is InChI=1S/C51H30N4OS/c1-3-14-31(15-4-1)49-52-50(32-16-5-2-6-17-32)54-51(53-49)41-28-33(34-21-13-22-38-36-19-8-11-24-45(36)56-48(34)38)26-27-43(41)55-42-23-10-7-18-35(42)39-29-40-37-20-9-12-25-46(37)57-47(40)30-44(39)55/h1-30H/i7D,9D,18D,20D,23D,25D,29D,30D. The second-order valence-corrected chi connectivity index (χ2v) is 14.7. The highest BCUT2D eigenvalue weighted by molar-refractivity contribution is 7.25. The molecule has 0 bridgehead atoms. The van der Waals surface area contributed by atoms with Gasteiger partial charge in [-0.3, -0.25) is 0 Å². The maximum Gasteiger partial charge on any atom is 0.166 e. The number of benzene rings is 8. The SMILES string of the molecule is [2H]c1cc([2H])c2sc3c([2H])c4c(c([2H])c3c2c1[2H])c1c([2H])c([2H])cc([2H])c1n4-c1ccc(-c2cccc3c2oc2ccccc23)cc1-c1nc(-c2ccccc2)nc(-c2ccccc2)n1. The third-order valence-corrected chi connectivity index (χ3v) is 11.4. The molecule has 266 valence electrons. The number of thiophene rings is 1. The first-order valence-electron chi connectivity index (χ1n) is 22.4. The zero-order chi connectivity index (χ0) is 44.4. The molecule has 0 aliphatic carbocycles. The van der Waals surface area contributed by atoms with E-state index in [1.165, 1.54) is 12.1 Å². The fourth-order valence-electron chi connectivity index (χ4n) is 7.81. The van der Waals surface area contributed by atoms with E-state index >= 15 is 0 Å². The molecule has 12 aromatic rings. The Hall–Kier alpha value is -7.41. The molecular weight excluding hydrogens is 717 g/mol. The highest BCUT2D eigenvalue weighted by Crippen LogP contribution is 2.44. The number of nitrogens with zero attached hydrogens (tertiary/aromatic N) is 4. The van der Waals surface area contributed by atoms with E-state index in [-0.39, 0.29) is 86.7 Å². The van der Waals surface area contributed by atoms with Crippen LogP contribution in [-0.4, -0.2) is 19.5 Å². The lowest BCUT2D eigenvalue weighted by molar-refractivity contribution is 0.670. The molecule has 0 spiro atoms. The molecular formula is C51H30N4OS. The van der Waals surface area contributed by atoms with Crippen molar-refractivity contribution in [2.75, 3.05) is 0 Å². The van der Waals surface area contributed by atoms with Gasteiger partial charge < -0.3 is 8.98 Å². The van der Waals surface area contributed by atoms with Crippen LogP contribution in [0, 0.1) is 0 Å². The van der Waals surface area contributed by atoms with Gasteiger partial charge in [0.25, 0.3) is 0 Å². The zero-order valence-electron chi connectivity index (χ0n) is 37.8. The van der Waals surface area contributed by atoms with Crippen LogP contribution in [0.15, 0.2) is 186 Å². The van der Waals surface area contributed by atoms with Gasteiger partial charge in [0.15, 0.2) is 17.5 Å². The topological polar surface area (TPSA) is 56.7 Å². The van der Waals surface area contributed by atoms with E-state index in [0.717, 1.165) is 49.9 Å². The van der Waals surface area contributed by atoms with Crippen molar-refractivity contribution >= 4 is 75.3 Å². The summed E-state index contributed by atoms with van der Waals surface area (Å²) in [5, 5.41) is 2.64. The van der Waals surface area contributed by atoms with E-state index in [1.54, 1.807) is 4.57 Å². The van der Waals surface area contributed by atoms with Gasteiger partial charge in [-0.25, -0.2) is 15.0 Å². The molecule has 4 heterocycles. The normalized spacial score (nSPS) is 13.8. The summed E-state index contributed by atoms with van der Waals surface area (Å²) in [7, 11) is 0. The van der Waals surface area contributed by atoms with Crippen molar-refractivity contribution in [3.05, 3.63) is 182 Å². The molecule has 0 saturated carbocycles. The second-order valence-electron chi connectivity index (χ2n) is 13.7. The summed E-state index contributed by atoms with van der Waals surface area (Å²) in [6.07, 6.45) is 0. The van der Waals surface area contributed by atoms with Crippen molar-refractivity contribution in [2.24, 2.45) is 0 Å². The lowest BCUT2D eigenvalue weighted by Crippen LogP contribution is -2.04. The van der Waals surface area contributed by atoms with Crippen LogP contribution < -0.4 is 0 Å². The highest BCUT2D eigenvalue weighted by atomic mass is 32.1. The van der Waals surface area contributed by atoms with Gasteiger partial charge in [-0.2, -0.15) is 0 Å². The number of fused-ring (bicyclic) bond motifs is 9. The number of hydrogen-bond acceptors (Lipinski definition) is 5. The van der Waals surface area contributed by atoms with Crippen LogP contribution in [0.4, 0.5) is 0 Å². The summed E-state index contributed by atoms with van der Waals surface area (Å²) in [5.74, 6) is 1.10. The van der Waals surface area contributed by atoms with Gasteiger partial charge in [0.2, 0.25) is 0 Å². The Morgan fingerprint density at radius 1 is 0.474 bits per heavy atom. The third kappa shape index (κ3) is 5.04. The largest absolute Gasteiger partial charge is 0.455 e. The third-order valence-electron chi connectivity index (χ3n) is 10.4. The highest BCUT2D eigenvalue weighted by Gasteiger charge is 2.22. The van der Waals surface area contributed by atoms with Crippen LogP contribution >= 0.6 is 11.3 Å². The minimum Gasteiger partial charge on any atom is -0.455 e. The summed E-state index contributed by atoms with van der Waals surface area (Å²) in [4.78, 5) is 15.3. The van der Waals surface area contributed by atoms with E-state index in [2.05, 4.69) is 0 Å². The van der Waals surface area contributed by atoms with Crippen LogP contribution in [0.1, 0.15) is 11.0 Å². The van der Waals surface area contributed by atoms with Gasteiger partial charge >= 0.3 is 0 Å². The van der Waals surface area contributed by atoms with Crippen LogP contribution in [-0.2, 0) is 0 Å². The first-order chi connectivity index (χ1) is 31.6. The van der Waals surface area contributed by atoms with E-state index in [1.807, 2.05) is 121 Å². The van der Waals surface area contributed by atoms with Crippen molar-refractivity contribution in [1.29, 1.82) is 0 Å². The fraction of sp³-hybridized carbons (Fsp3) is 0. The Bertz CT molecular complexity index is 3940. The first-order valence-corrected chi connectivity index (χ1v) is 19.2. The lowest BCUT2D eigenvalue weighted by atomic mass is 9.98. The van der Waals surface area contributed by atoms with Gasteiger partial charge in [0, 0.05) is 64.0 Å². The minimum atomic E-state index is -0.229. The van der Waals surface area contributed by atoms with Gasteiger partial charge in [-0.15, -0.1) is 11.3 Å². The van der Waals surface area contributed by atoms with Gasteiger partial charge in [0.05, 0.1) is 27.7 Å². The summed E-state index contributed by atoms with van der Waals surface area (Å²) in [6.45, 7) is 0. The number of para-hydroxylation sites is 3. The maximum atomic E-state index is 9.98. The summed E-state index contributed by atoms with van der Waals surface area (Å²) >= 11 is 1.11. The molecule has 0 unspecified atom stereocenters. The average molecular weight is 755 g/mol. The van der Waals surface area contributed by atoms with Gasteiger partial charge in [-0.1, -0.05) is 139 Å². The number of aromatic nitrogens is 4. The number of furan rings is 1. The molecule has 5 nitrogen and oxygen atoms in total. The Morgan fingerprint density at radius 2 is 1.18 bits per heavy atom. The van der Waals surface area contributed by atoms with Crippen molar-refractivity contribution in [2.45, 2.75) is 0 Å². The molecule has 0 saturated heterocycles. The maximum absolute atomic E-state index is 9.98. The van der Waals surface area contributed by atoms with Crippen molar-refractivity contribution in [3.63, 3.8) is 0 Å². The Labute approximate surface area is 342 Å². The van der Waals surface area contributed by atoms with E-state index in [4.69, 9.17) is 24.9 Å². The van der Waals surface area contributed by atoms with E-state index < -0.39 is 0 Å². The van der Waals surface area contributed by atoms with Gasteiger partial charge in [-0.05, 0) is 47.9 Å². The molecule has 0 fully saturated rings. The number of hydrogen-bond donors (Lipinski definition) is 0. The minimum absolute atomic E-state index is 0.0112. The predicted molar refractivity (Wildman–Crippen MR) is 236 cm³/mol. The van der Waals surface area contributed by atoms with Crippen molar-refractivity contribution in [3.8, 4) is 51.0 Å². The first kappa shape index (κ1) is 24.9. The average Bonchev–Trinajstić information content (AvgIpc) is 4.04. The molecule has 0 amide bonds. The molecule has 0 radical (unpaired) electrons. The molecule has 0 aliphatic rings. The lowest BCUT2D eigenvalue weighted by Gasteiger charge is -2.16. The Morgan fingerprint density at radius 3 is 1.98 bits per heavy atom. The van der Waals surface area contributed by atoms with Crippen LogP contribution in [0.5, 0.6) is 0 Å². The molecule has 12 rings (SSSR count). The second kappa shape index (κ2) is 12.6. The summed E-state index contributed by atoms with van der Waals surface area (Å²) < 4.78 is 82.4. The molecule has 8 aromatic carbocycles. The van der Waals surface area contributed by atoms with Gasteiger partial charge in [0.1, 0.15) is 11.2 Å². The van der Waals surface area contributed by atoms with E-state index in [9.17, 15) is 5.48 Å². The predicted octanol–water partition coefficient (Wildman–Crippen LogP) is 13.9. The molecule has 0 aliphatic heterocycles. The zero-order valence-corrected chi connectivity index (χ0v) is 30.6. The van der Waals surface area contributed by atoms with Crippen LogP contribution in [0.2, 0.25) is 0 Å². The van der Waals surface area contributed by atoms with Crippen LogP contribution in [0.25, 0.3) is 115 Å². The smallest absolute Gasteiger partial charge is 0.166 e. The number of rotatable bonds is 5.